The monoisotopic (exact) mass is 885 g/mol. The standard InChI is InChI=1S/C17H20NO2P.C13H13OP.C12H11P.C4H9NO2.C3H8O.CH4.H2/c1-14(18-2)17(19)20-13-21(15-9-5-3-6-10-15)16-11-7-4-8-12-16;14-11-15(12-7-3-1-4-8-12)13-9-5-2-6-10-13;1-3-7-11(8-4-1)13-12-9-5-2-6-10-12;1-3(5-2)4(6)7;1-3-4-2;;/h3-12,14,18H,13H2,1-2H3;1-10,14H,11H2;1-10,13H;3,5H,1-2H3,(H,6,7);3H2,1-2H3;1H4;1H/t14-;;;3-;;;/m0..0.../s1/i;;;;;;1+1. The highest BCUT2D eigenvalue weighted by Crippen LogP contribution is 2.33. The zero-order valence-corrected chi connectivity index (χ0v) is 38.3. The predicted molar refractivity (Wildman–Crippen MR) is 268 cm³/mol. The maximum atomic E-state index is 11.9. The topological polar surface area (TPSA) is 117 Å². The van der Waals surface area contributed by atoms with Crippen molar-refractivity contribution in [2.45, 2.75) is 40.3 Å². The third kappa shape index (κ3) is 22.7. The second-order valence-electron chi connectivity index (χ2n) is 12.7. The number of hydrogen-bond donors (Lipinski definition) is 4. The Labute approximate surface area is 370 Å². The summed E-state index contributed by atoms with van der Waals surface area (Å²) >= 11 is 0. The first-order valence-corrected chi connectivity index (χ1v) is 23.7. The molecule has 328 valence electrons. The lowest BCUT2D eigenvalue weighted by atomic mass is 10.4. The predicted octanol–water partition coefficient (Wildman–Crippen LogP) is 7.83. The molecule has 0 spiro atoms. The Bertz CT molecular complexity index is 1840. The van der Waals surface area contributed by atoms with Gasteiger partial charge in [-0.15, -0.1) is 0 Å². The van der Waals surface area contributed by atoms with Crippen molar-refractivity contribution in [3.05, 3.63) is 182 Å². The van der Waals surface area contributed by atoms with Gasteiger partial charge < -0.3 is 30.3 Å². The van der Waals surface area contributed by atoms with Crippen LogP contribution in [0.3, 0.4) is 0 Å². The molecule has 0 saturated carbocycles. The van der Waals surface area contributed by atoms with Gasteiger partial charge in [0.2, 0.25) is 0 Å². The van der Waals surface area contributed by atoms with Gasteiger partial charge in [0.05, 0.1) is 6.35 Å². The molecule has 0 radical (unpaired) electrons. The molecule has 0 heterocycles. The molecule has 0 aromatic heterocycles. The van der Waals surface area contributed by atoms with Crippen LogP contribution in [0.2, 0.25) is 0 Å². The molecule has 0 saturated heterocycles. The highest BCUT2D eigenvalue weighted by molar-refractivity contribution is 7.73. The first-order chi connectivity index (χ1) is 29.2. The summed E-state index contributed by atoms with van der Waals surface area (Å²) in [6.07, 6.45) is 0.623. The van der Waals surface area contributed by atoms with E-state index in [0.29, 0.717) is 6.35 Å². The number of benzene rings is 6. The summed E-state index contributed by atoms with van der Waals surface area (Å²) in [4.78, 5) is 21.7. The molecule has 0 fully saturated rings. The number of aliphatic hydroxyl groups excluding tert-OH is 1. The summed E-state index contributed by atoms with van der Waals surface area (Å²) in [6, 6.07) is 61.3. The van der Waals surface area contributed by atoms with Crippen LogP contribution in [0.25, 0.3) is 0 Å². The fourth-order valence-corrected chi connectivity index (χ4v) is 9.40. The van der Waals surface area contributed by atoms with E-state index in [1.54, 1.807) is 35.1 Å². The van der Waals surface area contributed by atoms with Crippen molar-refractivity contribution >= 4 is 68.2 Å². The molecule has 0 amide bonds. The van der Waals surface area contributed by atoms with Crippen LogP contribution in [-0.2, 0) is 19.1 Å². The first-order valence-electron chi connectivity index (χ1n) is 19.6. The fourth-order valence-electron chi connectivity index (χ4n) is 4.75. The number of carboxylic acids is 1. The van der Waals surface area contributed by atoms with Gasteiger partial charge in [-0.3, -0.25) is 9.59 Å². The van der Waals surface area contributed by atoms with Gasteiger partial charge in [-0.05, 0) is 82.5 Å². The molecule has 6 aromatic carbocycles. The Balaban J connectivity index is 0.000000807. The number of aliphatic carboxylic acids is 1. The van der Waals surface area contributed by atoms with E-state index >= 15 is 0 Å². The van der Waals surface area contributed by atoms with Crippen LogP contribution in [0, 0.1) is 0 Å². The summed E-state index contributed by atoms with van der Waals surface area (Å²) in [6.45, 7) is 6.16. The summed E-state index contributed by atoms with van der Waals surface area (Å²) < 4.78 is 10.0. The minimum absolute atomic E-state index is 0. The fraction of sp³-hybridized carbons (Fsp3) is 0.240. The third-order valence-corrected chi connectivity index (χ3v) is 14.1. The lowest BCUT2D eigenvalue weighted by Gasteiger charge is -2.19. The lowest BCUT2D eigenvalue weighted by Crippen LogP contribution is -2.33. The highest BCUT2D eigenvalue weighted by atomic mass is 31.1. The van der Waals surface area contributed by atoms with E-state index in [1.807, 2.05) is 79.7 Å². The number of rotatable bonds is 14. The normalized spacial score (nSPS) is 10.9. The average molecular weight is 886 g/mol. The molecule has 0 aliphatic carbocycles. The van der Waals surface area contributed by atoms with E-state index in [0.717, 1.165) is 15.2 Å². The van der Waals surface area contributed by atoms with Gasteiger partial charge in [-0.25, -0.2) is 0 Å². The SMILES string of the molecule is C.CCOC.CN[C@@H](C)C(=O)O.CN[C@@H](C)C(=O)OCP(c1ccccc1)c1ccccc1.OCP(c1ccccc1)c1ccccc1.[2HH].c1ccc(Pc2ccccc2)cc1. The van der Waals surface area contributed by atoms with Crippen LogP contribution in [0.5, 0.6) is 0 Å². The molecule has 0 aliphatic rings. The maximum Gasteiger partial charge on any atom is 0.323 e. The number of likely N-dealkylation sites (N-methyl/N-ethyl adjacent to an activating group) is 2. The summed E-state index contributed by atoms with van der Waals surface area (Å²) in [5.41, 5.74) is 0. The number of methoxy groups -OCH3 is 1. The van der Waals surface area contributed by atoms with Gasteiger partial charge in [0.25, 0.3) is 0 Å². The van der Waals surface area contributed by atoms with Gasteiger partial charge in [-0.1, -0.05) is 198 Å². The van der Waals surface area contributed by atoms with Gasteiger partial charge in [0.15, 0.2) is 0 Å². The molecule has 4 N–H and O–H groups in total. The molecular formula is C50H67N2O6P3. The zero-order chi connectivity index (χ0) is 43.8. The third-order valence-electron chi connectivity index (χ3n) is 8.46. The van der Waals surface area contributed by atoms with Crippen LogP contribution in [0.1, 0.15) is 29.6 Å². The molecule has 11 heteroatoms. The van der Waals surface area contributed by atoms with Gasteiger partial charge in [0, 0.05) is 15.1 Å². The van der Waals surface area contributed by atoms with Crippen molar-refractivity contribution in [3.8, 4) is 0 Å². The van der Waals surface area contributed by atoms with Crippen molar-refractivity contribution < 1.29 is 30.7 Å². The molecular weight excluding hydrogens is 817 g/mol. The van der Waals surface area contributed by atoms with Crippen molar-refractivity contribution in [3.63, 3.8) is 0 Å². The Hall–Kier alpha value is -4.61. The Morgan fingerprint density at radius 2 is 0.885 bits per heavy atom. The van der Waals surface area contributed by atoms with Gasteiger partial charge in [-0.2, -0.15) is 0 Å². The van der Waals surface area contributed by atoms with Gasteiger partial charge in [0.1, 0.15) is 18.4 Å². The van der Waals surface area contributed by atoms with E-state index in [9.17, 15) is 14.7 Å². The smallest absolute Gasteiger partial charge is 0.323 e. The van der Waals surface area contributed by atoms with Crippen molar-refractivity contribution in [2.24, 2.45) is 0 Å². The van der Waals surface area contributed by atoms with Gasteiger partial charge >= 0.3 is 11.9 Å². The largest absolute Gasteiger partial charge is 0.480 e. The summed E-state index contributed by atoms with van der Waals surface area (Å²) in [5, 5.41) is 30.7. The quantitative estimate of drug-likeness (QED) is 0.0647. The Morgan fingerprint density at radius 3 is 1.13 bits per heavy atom. The summed E-state index contributed by atoms with van der Waals surface area (Å²) in [5.74, 6) is -1.03. The van der Waals surface area contributed by atoms with E-state index in [1.165, 1.54) is 31.8 Å². The molecule has 6 aromatic rings. The minimum atomic E-state index is -0.817. The van der Waals surface area contributed by atoms with Crippen LogP contribution < -0.4 is 42.5 Å². The van der Waals surface area contributed by atoms with Crippen molar-refractivity contribution in [1.29, 1.82) is 0 Å². The second-order valence-corrected chi connectivity index (χ2v) is 18.4. The summed E-state index contributed by atoms with van der Waals surface area (Å²) in [7, 11) is 4.54. The number of aliphatic hydroxyl groups is 1. The molecule has 0 aliphatic heterocycles. The Kier molecular flexibility index (Phi) is 30.4. The van der Waals surface area contributed by atoms with Crippen LogP contribution in [0.15, 0.2) is 182 Å². The van der Waals surface area contributed by atoms with E-state index in [4.69, 9.17) is 9.84 Å². The number of esters is 1. The van der Waals surface area contributed by atoms with E-state index in [2.05, 4.69) is 125 Å². The van der Waals surface area contributed by atoms with E-state index in [-0.39, 0.29) is 27.2 Å². The molecule has 61 heavy (non-hydrogen) atoms. The molecule has 6 rings (SSSR count). The number of carbonyl (C=O) groups is 2. The van der Waals surface area contributed by atoms with Crippen LogP contribution >= 0.6 is 24.4 Å². The number of hydrogen-bond acceptors (Lipinski definition) is 7. The lowest BCUT2D eigenvalue weighted by molar-refractivity contribution is -0.143. The van der Waals surface area contributed by atoms with E-state index < -0.39 is 27.9 Å². The molecule has 2 atom stereocenters. The number of carbonyl (C=O) groups excluding carboxylic acids is 1. The van der Waals surface area contributed by atoms with Crippen molar-refractivity contribution in [1.82, 2.24) is 10.6 Å². The second kappa shape index (κ2) is 34.0. The number of carboxylic acid groups (broad SMARTS) is 1. The van der Waals surface area contributed by atoms with Crippen molar-refractivity contribution in [2.75, 3.05) is 40.5 Å². The maximum absolute atomic E-state index is 11.9. The molecule has 8 nitrogen and oxygen atoms in total. The minimum Gasteiger partial charge on any atom is -0.480 e. The molecule has 0 bridgehead atoms. The first kappa shape index (κ1) is 54.4. The van der Waals surface area contributed by atoms with Crippen LogP contribution in [-0.4, -0.2) is 74.7 Å². The Morgan fingerprint density at radius 1 is 0.590 bits per heavy atom. The average Bonchev–Trinajstić information content (AvgIpc) is 3.31. The number of nitrogens with one attached hydrogen (secondary N) is 2. The number of ether oxygens (including phenoxy) is 2. The highest BCUT2D eigenvalue weighted by Gasteiger charge is 2.18. The van der Waals surface area contributed by atoms with Crippen LogP contribution in [0.4, 0.5) is 0 Å². The molecule has 0 unspecified atom stereocenters. The zero-order valence-electron chi connectivity index (χ0n) is 35.5.